The van der Waals surface area contributed by atoms with Crippen LogP contribution in [-0.4, -0.2) is 88.6 Å². The van der Waals surface area contributed by atoms with E-state index < -0.39 is 29.7 Å². The van der Waals surface area contributed by atoms with E-state index in [9.17, 15) is 24.0 Å². The second-order valence-electron chi connectivity index (χ2n) is 13.0. The first-order chi connectivity index (χ1) is 23.2. The summed E-state index contributed by atoms with van der Waals surface area (Å²) in [5, 5.41) is 3.58. The van der Waals surface area contributed by atoms with Crippen molar-refractivity contribution in [3.05, 3.63) is 80.8 Å². The van der Waals surface area contributed by atoms with Crippen LogP contribution in [0.5, 0.6) is 5.75 Å². The molecule has 1 saturated carbocycles. The molecule has 0 radical (unpaired) electrons. The van der Waals surface area contributed by atoms with Crippen LogP contribution >= 0.6 is 11.3 Å². The van der Waals surface area contributed by atoms with Crippen LogP contribution in [0.25, 0.3) is 0 Å². The van der Waals surface area contributed by atoms with Gasteiger partial charge in [0.25, 0.3) is 17.7 Å². The molecular weight excluding hydrogens is 630 g/mol. The Labute approximate surface area is 283 Å². The van der Waals surface area contributed by atoms with E-state index in [1.165, 1.54) is 16.2 Å². The fraction of sp³-hybridized carbons (Fsp3) is 0.444. The number of amides is 5. The number of hydrogen-bond acceptors (Lipinski definition) is 8. The van der Waals surface area contributed by atoms with Gasteiger partial charge in [-0.2, -0.15) is 0 Å². The molecule has 1 aliphatic carbocycles. The van der Waals surface area contributed by atoms with Crippen LogP contribution < -0.4 is 10.1 Å². The summed E-state index contributed by atoms with van der Waals surface area (Å²) in [6.07, 6.45) is 5.49. The molecule has 2 fully saturated rings. The molecule has 12 heteroatoms. The first kappa shape index (κ1) is 32.0. The topological polar surface area (TPSA) is 129 Å². The number of aryl methyl sites for hydroxylation is 1. The van der Waals surface area contributed by atoms with Gasteiger partial charge in [0.05, 0.1) is 41.5 Å². The quantitative estimate of drug-likeness (QED) is 0.377. The van der Waals surface area contributed by atoms with Crippen molar-refractivity contribution in [3.63, 3.8) is 0 Å². The number of nitrogens with one attached hydrogen (secondary N) is 1. The maximum absolute atomic E-state index is 14.5. The number of hydrogen-bond donors (Lipinski definition) is 1. The first-order valence-electron chi connectivity index (χ1n) is 16.7. The molecule has 0 bridgehead atoms. The lowest BCUT2D eigenvalue weighted by molar-refractivity contribution is -0.146. The zero-order valence-corrected chi connectivity index (χ0v) is 28.0. The highest BCUT2D eigenvalue weighted by molar-refractivity contribution is 7.13. The van der Waals surface area contributed by atoms with E-state index in [0.717, 1.165) is 29.0 Å². The number of rotatable bonds is 7. The van der Waals surface area contributed by atoms with Gasteiger partial charge in [-0.3, -0.25) is 28.9 Å². The summed E-state index contributed by atoms with van der Waals surface area (Å²) in [7, 11) is 1.60. The average molecular weight is 670 g/mol. The maximum atomic E-state index is 14.5. The highest BCUT2D eigenvalue weighted by atomic mass is 32.1. The van der Waals surface area contributed by atoms with Gasteiger partial charge < -0.3 is 19.9 Å². The van der Waals surface area contributed by atoms with Crippen molar-refractivity contribution in [2.75, 3.05) is 33.2 Å². The molecule has 7 rings (SSSR count). The Kier molecular flexibility index (Phi) is 8.76. The molecule has 0 spiro atoms. The third-order valence-electron chi connectivity index (χ3n) is 10.2. The predicted octanol–water partition coefficient (Wildman–Crippen LogP) is 4.02. The van der Waals surface area contributed by atoms with Crippen LogP contribution in [0.4, 0.5) is 0 Å². The summed E-state index contributed by atoms with van der Waals surface area (Å²) < 4.78 is 6.66. The van der Waals surface area contributed by atoms with Crippen LogP contribution in [0.3, 0.4) is 0 Å². The van der Waals surface area contributed by atoms with Crippen LogP contribution in [-0.2, 0) is 16.0 Å². The zero-order valence-electron chi connectivity index (χ0n) is 27.1. The van der Waals surface area contributed by atoms with Crippen LogP contribution in [0.15, 0.2) is 48.7 Å². The van der Waals surface area contributed by atoms with E-state index in [1.54, 1.807) is 47.3 Å². The normalized spacial score (nSPS) is 23.6. The highest BCUT2D eigenvalue weighted by Gasteiger charge is 2.45. The number of carbonyl (C=O) groups excluding carboxylic acids is 5. The predicted molar refractivity (Wildman–Crippen MR) is 178 cm³/mol. The van der Waals surface area contributed by atoms with E-state index in [1.807, 2.05) is 25.1 Å². The number of imide groups is 1. The van der Waals surface area contributed by atoms with Crippen molar-refractivity contribution in [1.82, 2.24) is 25.0 Å². The maximum Gasteiger partial charge on any atom is 0.265 e. The molecule has 5 amide bonds. The molecule has 1 unspecified atom stereocenters. The number of fused-ring (bicyclic) bond motifs is 2. The van der Waals surface area contributed by atoms with Gasteiger partial charge in [-0.1, -0.05) is 37.1 Å². The second kappa shape index (κ2) is 13.1. The summed E-state index contributed by atoms with van der Waals surface area (Å²) in [6.45, 7) is 3.17. The van der Waals surface area contributed by atoms with Crippen LogP contribution in [0, 0.1) is 18.8 Å². The summed E-state index contributed by atoms with van der Waals surface area (Å²) in [4.78, 5) is 77.5. The van der Waals surface area contributed by atoms with E-state index in [4.69, 9.17) is 4.74 Å². The molecule has 1 N–H and O–H groups in total. The Hall–Kier alpha value is -4.58. The van der Waals surface area contributed by atoms with E-state index >= 15 is 0 Å². The van der Waals surface area contributed by atoms with Crippen LogP contribution in [0.1, 0.15) is 84.7 Å². The summed E-state index contributed by atoms with van der Waals surface area (Å²) in [5.41, 5.74) is 2.44. The standard InChI is InChI=1S/C36H39N5O6S/c1-21-38-18-30(48-21)36(46)39-16-15-23(19-39)47-29-13-7-8-22-14-17-40(33(43)25-10-4-3-9-24(25)32(42)37-2)28(31(22)29)20-41-34(44)26-11-5-6-12-27(26)35(41)45/h5-8,11-13,18,23-25,28H,3-4,9-10,14-17,19-20H2,1-2H3,(H,37,42)/t23?,24-,25+,28+/m0/s1. The van der Waals surface area contributed by atoms with Gasteiger partial charge in [0, 0.05) is 44.0 Å². The Bertz CT molecular complexity index is 1750. The SMILES string of the molecule is CNC(=O)[C@H]1CCCC[C@H]1C(=O)N1CCc2cccc(OC3CCN(C(=O)c4cnc(C)s4)C3)c2[C@H]1CN1C(=O)c2ccccc2C1=O. The van der Waals surface area contributed by atoms with Crippen molar-refractivity contribution in [1.29, 1.82) is 0 Å². The van der Waals surface area contributed by atoms with Crippen molar-refractivity contribution in [2.24, 2.45) is 11.8 Å². The molecule has 1 aromatic heterocycles. The Morgan fingerprint density at radius 2 is 1.69 bits per heavy atom. The Morgan fingerprint density at radius 3 is 2.38 bits per heavy atom. The second-order valence-corrected chi connectivity index (χ2v) is 14.3. The molecule has 2 aromatic carbocycles. The smallest absolute Gasteiger partial charge is 0.265 e. The number of aromatic nitrogens is 1. The third-order valence-corrected chi connectivity index (χ3v) is 11.1. The number of nitrogens with zero attached hydrogens (tertiary/aromatic N) is 4. The van der Waals surface area contributed by atoms with Crippen LogP contribution in [0.2, 0.25) is 0 Å². The number of thiazole rings is 1. The largest absolute Gasteiger partial charge is 0.488 e. The van der Waals surface area contributed by atoms with Gasteiger partial charge in [-0.25, -0.2) is 4.98 Å². The minimum Gasteiger partial charge on any atom is -0.488 e. The van der Waals surface area contributed by atoms with Crippen molar-refractivity contribution >= 4 is 40.9 Å². The van der Waals surface area contributed by atoms with Gasteiger partial charge in [-0.05, 0) is 49.9 Å². The molecule has 4 heterocycles. The first-order valence-corrected chi connectivity index (χ1v) is 17.5. The molecule has 11 nitrogen and oxygen atoms in total. The van der Waals surface area contributed by atoms with E-state index in [2.05, 4.69) is 10.3 Å². The minimum absolute atomic E-state index is 0.0389. The van der Waals surface area contributed by atoms with E-state index in [-0.39, 0.29) is 30.4 Å². The molecule has 3 aliphatic heterocycles. The monoisotopic (exact) mass is 669 g/mol. The zero-order chi connectivity index (χ0) is 33.5. The van der Waals surface area contributed by atoms with Crippen molar-refractivity contribution < 1.29 is 28.7 Å². The summed E-state index contributed by atoms with van der Waals surface area (Å²) >= 11 is 1.37. The fourth-order valence-corrected chi connectivity index (χ4v) is 8.56. The average Bonchev–Trinajstić information content (AvgIpc) is 3.83. The fourth-order valence-electron chi connectivity index (χ4n) is 7.82. The van der Waals surface area contributed by atoms with Crippen molar-refractivity contribution in [3.8, 4) is 5.75 Å². The lowest BCUT2D eigenvalue weighted by Gasteiger charge is -2.43. The number of carbonyl (C=O) groups is 5. The Morgan fingerprint density at radius 1 is 0.958 bits per heavy atom. The summed E-state index contributed by atoms with van der Waals surface area (Å²) in [6, 6.07) is 11.9. The summed E-state index contributed by atoms with van der Waals surface area (Å²) in [5.74, 6) is -1.49. The Balaban J connectivity index is 1.21. The molecule has 4 aliphatic rings. The molecule has 4 atom stereocenters. The molecule has 250 valence electrons. The number of likely N-dealkylation sites (tertiary alicyclic amines) is 1. The molecule has 48 heavy (non-hydrogen) atoms. The van der Waals surface area contributed by atoms with Gasteiger partial charge in [0.15, 0.2) is 0 Å². The van der Waals surface area contributed by atoms with Crippen molar-refractivity contribution in [2.45, 2.75) is 57.6 Å². The molecule has 3 aromatic rings. The van der Waals surface area contributed by atoms with Gasteiger partial charge in [0.1, 0.15) is 16.7 Å². The lowest BCUT2D eigenvalue weighted by atomic mass is 9.77. The van der Waals surface area contributed by atoms with Gasteiger partial charge in [0.2, 0.25) is 11.8 Å². The lowest BCUT2D eigenvalue weighted by Crippen LogP contribution is -2.51. The van der Waals surface area contributed by atoms with Gasteiger partial charge in [-0.15, -0.1) is 11.3 Å². The molecule has 1 saturated heterocycles. The number of benzene rings is 2. The minimum atomic E-state index is -0.675. The van der Waals surface area contributed by atoms with E-state index in [0.29, 0.717) is 67.1 Å². The molecular formula is C36H39N5O6S. The van der Waals surface area contributed by atoms with Gasteiger partial charge >= 0.3 is 0 Å². The third kappa shape index (κ3) is 5.76. The number of ether oxygens (including phenoxy) is 1. The highest BCUT2D eigenvalue weighted by Crippen LogP contribution is 2.42.